The van der Waals surface area contributed by atoms with Crippen molar-refractivity contribution < 1.29 is 9.18 Å². The first-order valence-corrected chi connectivity index (χ1v) is 4.49. The van der Waals surface area contributed by atoms with E-state index in [-0.39, 0.29) is 5.82 Å². The van der Waals surface area contributed by atoms with Crippen LogP contribution in [0, 0.1) is 5.82 Å². The van der Waals surface area contributed by atoms with Crippen molar-refractivity contribution in [2.75, 3.05) is 0 Å². The number of aromatic nitrogens is 2. The number of rotatable bonds is 3. The molecule has 0 unspecified atom stereocenters. The molecule has 0 bridgehead atoms. The molecule has 0 aliphatic heterocycles. The molecule has 0 N–H and O–H groups in total. The summed E-state index contributed by atoms with van der Waals surface area (Å²) < 4.78 is 14.3. The monoisotopic (exact) mass is 204 g/mol. The lowest BCUT2D eigenvalue weighted by molar-refractivity contribution is 0.111. The van der Waals surface area contributed by atoms with E-state index in [0.717, 1.165) is 11.8 Å². The SMILES string of the molecule is O=Cc1cncn1Cc1ccc(F)cc1. The Morgan fingerprint density at radius 2 is 2.07 bits per heavy atom. The Labute approximate surface area is 86.2 Å². The van der Waals surface area contributed by atoms with Crippen LogP contribution in [0.1, 0.15) is 16.1 Å². The van der Waals surface area contributed by atoms with Gasteiger partial charge in [-0.2, -0.15) is 0 Å². The van der Waals surface area contributed by atoms with Crippen LogP contribution in [0.25, 0.3) is 0 Å². The lowest BCUT2D eigenvalue weighted by atomic mass is 10.2. The number of nitrogens with zero attached hydrogens (tertiary/aromatic N) is 2. The highest BCUT2D eigenvalue weighted by atomic mass is 19.1. The highest BCUT2D eigenvalue weighted by Crippen LogP contribution is 2.06. The summed E-state index contributed by atoms with van der Waals surface area (Å²) in [6.07, 6.45) is 3.82. The molecule has 0 radical (unpaired) electrons. The van der Waals surface area contributed by atoms with E-state index in [9.17, 15) is 9.18 Å². The zero-order valence-electron chi connectivity index (χ0n) is 7.93. The van der Waals surface area contributed by atoms with E-state index in [1.165, 1.54) is 18.3 Å². The number of aldehydes is 1. The summed E-state index contributed by atoms with van der Waals surface area (Å²) in [7, 11) is 0. The van der Waals surface area contributed by atoms with E-state index in [1.807, 2.05) is 0 Å². The minimum absolute atomic E-state index is 0.264. The molecule has 1 aromatic heterocycles. The van der Waals surface area contributed by atoms with Crippen molar-refractivity contribution in [3.8, 4) is 0 Å². The molecule has 3 nitrogen and oxygen atoms in total. The first-order chi connectivity index (χ1) is 7.29. The number of hydrogen-bond acceptors (Lipinski definition) is 2. The molecule has 1 heterocycles. The molecule has 0 fully saturated rings. The van der Waals surface area contributed by atoms with Crippen molar-refractivity contribution in [1.82, 2.24) is 9.55 Å². The number of hydrogen-bond donors (Lipinski definition) is 0. The highest BCUT2D eigenvalue weighted by molar-refractivity contribution is 5.71. The molecular weight excluding hydrogens is 195 g/mol. The summed E-state index contributed by atoms with van der Waals surface area (Å²) in [6, 6.07) is 6.16. The average molecular weight is 204 g/mol. The van der Waals surface area contributed by atoms with Gasteiger partial charge in [-0.05, 0) is 17.7 Å². The van der Waals surface area contributed by atoms with Gasteiger partial charge >= 0.3 is 0 Å². The number of carbonyl (C=O) groups excluding carboxylic acids is 1. The van der Waals surface area contributed by atoms with Crippen LogP contribution in [0.3, 0.4) is 0 Å². The Bertz CT molecular complexity index is 462. The molecule has 0 saturated carbocycles. The van der Waals surface area contributed by atoms with Crippen molar-refractivity contribution in [1.29, 1.82) is 0 Å². The normalized spacial score (nSPS) is 10.2. The van der Waals surface area contributed by atoms with Crippen molar-refractivity contribution in [2.45, 2.75) is 6.54 Å². The summed E-state index contributed by atoms with van der Waals surface area (Å²) in [4.78, 5) is 14.5. The quantitative estimate of drug-likeness (QED) is 0.715. The molecule has 0 atom stereocenters. The predicted octanol–water partition coefficient (Wildman–Crippen LogP) is 1.88. The molecule has 2 aromatic rings. The molecule has 0 spiro atoms. The third-order valence-electron chi connectivity index (χ3n) is 2.13. The van der Waals surface area contributed by atoms with E-state index >= 15 is 0 Å². The standard InChI is InChI=1S/C11H9FN2O/c12-10-3-1-9(2-4-10)6-14-8-13-5-11(14)7-15/h1-5,7-8H,6H2. The maximum Gasteiger partial charge on any atom is 0.168 e. The lowest BCUT2D eigenvalue weighted by Crippen LogP contribution is -2.02. The molecule has 0 amide bonds. The van der Waals surface area contributed by atoms with E-state index in [0.29, 0.717) is 12.2 Å². The van der Waals surface area contributed by atoms with Crippen LogP contribution in [0.4, 0.5) is 4.39 Å². The third-order valence-corrected chi connectivity index (χ3v) is 2.13. The summed E-state index contributed by atoms with van der Waals surface area (Å²) in [6.45, 7) is 0.522. The predicted molar refractivity (Wildman–Crippen MR) is 53.1 cm³/mol. The van der Waals surface area contributed by atoms with Crippen molar-refractivity contribution in [3.63, 3.8) is 0 Å². The molecular formula is C11H9FN2O. The van der Waals surface area contributed by atoms with E-state index in [2.05, 4.69) is 4.98 Å². The molecule has 1 aromatic carbocycles. The van der Waals surface area contributed by atoms with Crippen LogP contribution in [0.15, 0.2) is 36.8 Å². The smallest absolute Gasteiger partial charge is 0.168 e. The van der Waals surface area contributed by atoms with Crippen LogP contribution < -0.4 is 0 Å². The minimum atomic E-state index is -0.264. The van der Waals surface area contributed by atoms with Gasteiger partial charge in [0, 0.05) is 6.54 Å². The highest BCUT2D eigenvalue weighted by Gasteiger charge is 2.01. The third kappa shape index (κ3) is 2.10. The van der Waals surface area contributed by atoms with Gasteiger partial charge in [-0.15, -0.1) is 0 Å². The molecule has 76 valence electrons. The maximum absolute atomic E-state index is 12.6. The fourth-order valence-corrected chi connectivity index (χ4v) is 1.35. The minimum Gasteiger partial charge on any atom is -0.324 e. The Hall–Kier alpha value is -1.97. The van der Waals surface area contributed by atoms with Crippen LogP contribution in [0.2, 0.25) is 0 Å². The second-order valence-corrected chi connectivity index (χ2v) is 3.19. The Kier molecular flexibility index (Phi) is 2.58. The summed E-state index contributed by atoms with van der Waals surface area (Å²) >= 11 is 0. The molecule has 0 aliphatic rings. The van der Waals surface area contributed by atoms with Crippen LogP contribution in [0.5, 0.6) is 0 Å². The molecule has 15 heavy (non-hydrogen) atoms. The fraction of sp³-hybridized carbons (Fsp3) is 0.0909. The Balaban J connectivity index is 2.21. The van der Waals surface area contributed by atoms with Gasteiger partial charge < -0.3 is 4.57 Å². The number of imidazole rings is 1. The lowest BCUT2D eigenvalue weighted by Gasteiger charge is -2.03. The molecule has 4 heteroatoms. The van der Waals surface area contributed by atoms with Gasteiger partial charge in [-0.25, -0.2) is 9.37 Å². The van der Waals surface area contributed by atoms with E-state index < -0.39 is 0 Å². The number of carbonyl (C=O) groups is 1. The Morgan fingerprint density at radius 1 is 1.33 bits per heavy atom. The van der Waals surface area contributed by atoms with Gasteiger partial charge in [0.05, 0.1) is 12.5 Å². The van der Waals surface area contributed by atoms with Gasteiger partial charge in [-0.3, -0.25) is 4.79 Å². The van der Waals surface area contributed by atoms with Crippen molar-refractivity contribution in [3.05, 3.63) is 53.9 Å². The summed E-state index contributed by atoms with van der Waals surface area (Å²) in [5.74, 6) is -0.264. The zero-order chi connectivity index (χ0) is 10.7. The second-order valence-electron chi connectivity index (χ2n) is 3.19. The van der Waals surface area contributed by atoms with Gasteiger partial charge in [0.2, 0.25) is 0 Å². The molecule has 0 aliphatic carbocycles. The first kappa shape index (κ1) is 9.58. The van der Waals surface area contributed by atoms with Crippen LogP contribution >= 0.6 is 0 Å². The summed E-state index contributed by atoms with van der Waals surface area (Å²) in [5.41, 5.74) is 1.44. The number of benzene rings is 1. The molecule has 2 rings (SSSR count). The topological polar surface area (TPSA) is 34.9 Å². The van der Waals surface area contributed by atoms with E-state index in [1.54, 1.807) is 23.0 Å². The zero-order valence-corrected chi connectivity index (χ0v) is 7.93. The fourth-order valence-electron chi connectivity index (χ4n) is 1.35. The Morgan fingerprint density at radius 3 is 2.73 bits per heavy atom. The van der Waals surface area contributed by atoms with E-state index in [4.69, 9.17) is 0 Å². The first-order valence-electron chi connectivity index (χ1n) is 4.49. The van der Waals surface area contributed by atoms with Gasteiger partial charge in [0.1, 0.15) is 11.5 Å². The van der Waals surface area contributed by atoms with Crippen LogP contribution in [-0.4, -0.2) is 15.8 Å². The summed E-state index contributed by atoms with van der Waals surface area (Å²) in [5, 5.41) is 0. The van der Waals surface area contributed by atoms with Gasteiger partial charge in [0.15, 0.2) is 6.29 Å². The van der Waals surface area contributed by atoms with Crippen molar-refractivity contribution >= 4 is 6.29 Å². The second kappa shape index (κ2) is 4.04. The largest absolute Gasteiger partial charge is 0.324 e. The molecule has 0 saturated heterocycles. The maximum atomic E-state index is 12.6. The van der Waals surface area contributed by atoms with Crippen molar-refractivity contribution in [2.24, 2.45) is 0 Å². The number of halogens is 1. The van der Waals surface area contributed by atoms with Gasteiger partial charge in [-0.1, -0.05) is 12.1 Å². The van der Waals surface area contributed by atoms with Crippen LogP contribution in [-0.2, 0) is 6.54 Å². The van der Waals surface area contributed by atoms with Gasteiger partial charge in [0.25, 0.3) is 0 Å². The average Bonchev–Trinajstić information content (AvgIpc) is 2.69.